The third kappa shape index (κ3) is 2.85. The van der Waals surface area contributed by atoms with Crippen LogP contribution in [0.3, 0.4) is 0 Å². The van der Waals surface area contributed by atoms with E-state index < -0.39 is 11.4 Å². The molecule has 1 unspecified atom stereocenters. The molecule has 0 saturated heterocycles. The number of hydrogen-bond donors (Lipinski definition) is 0. The molecule has 0 amide bonds. The van der Waals surface area contributed by atoms with Gasteiger partial charge in [-0.05, 0) is 46.1 Å². The van der Waals surface area contributed by atoms with Crippen LogP contribution >= 0.6 is 0 Å². The average Bonchev–Trinajstić information content (AvgIpc) is 2.34. The maximum absolute atomic E-state index is 11.7. The van der Waals surface area contributed by atoms with Gasteiger partial charge in [-0.2, -0.15) is 0 Å². The minimum absolute atomic E-state index is 0.240. The molecule has 1 atom stereocenters. The first kappa shape index (κ1) is 10.8. The maximum atomic E-state index is 11.7. The molecule has 0 heterocycles. The highest BCUT2D eigenvalue weighted by atomic mass is 32.2. The lowest BCUT2D eigenvalue weighted by Gasteiger charge is -2.18. The number of hydrogen-bond acceptors (Lipinski definition) is 2. The van der Waals surface area contributed by atoms with E-state index in [2.05, 4.69) is 10.5 Å². The van der Waals surface area contributed by atoms with E-state index >= 15 is 0 Å². The second kappa shape index (κ2) is 3.84. The van der Waals surface area contributed by atoms with Gasteiger partial charge < -0.3 is 4.55 Å². The lowest BCUT2D eigenvalue weighted by atomic mass is 10.2. The van der Waals surface area contributed by atoms with Crippen molar-refractivity contribution < 1.29 is 4.55 Å². The summed E-state index contributed by atoms with van der Waals surface area (Å²) in [5.41, 5.74) is 2.21. The zero-order chi connectivity index (χ0) is 10.1. The van der Waals surface area contributed by atoms with Crippen LogP contribution in [0.15, 0.2) is 16.0 Å². The quantitative estimate of drug-likeness (QED) is 0.598. The molecule has 13 heavy (non-hydrogen) atoms. The number of allylic oxidation sites excluding steroid dienone is 2. The highest BCUT2D eigenvalue weighted by Gasteiger charge is 2.27. The van der Waals surface area contributed by atoms with Gasteiger partial charge in [0.15, 0.2) is 0 Å². The van der Waals surface area contributed by atoms with Gasteiger partial charge in [-0.25, -0.2) is 0 Å². The monoisotopic (exact) mass is 199 g/mol. The SMILES string of the molecule is CC1=CCC/C1=N/[S+]([O-])C(C)(C)C. The first-order valence-electron chi connectivity index (χ1n) is 4.58. The Morgan fingerprint density at radius 3 is 2.46 bits per heavy atom. The zero-order valence-corrected chi connectivity index (χ0v) is 9.57. The van der Waals surface area contributed by atoms with Gasteiger partial charge in [-0.3, -0.25) is 0 Å². The van der Waals surface area contributed by atoms with Crippen molar-refractivity contribution in [1.29, 1.82) is 0 Å². The molecule has 1 aliphatic carbocycles. The van der Waals surface area contributed by atoms with Crippen molar-refractivity contribution in [1.82, 2.24) is 0 Å². The Balaban J connectivity index is 2.71. The fourth-order valence-corrected chi connectivity index (χ4v) is 1.80. The Kier molecular flexibility index (Phi) is 3.19. The lowest BCUT2D eigenvalue weighted by Crippen LogP contribution is -2.26. The van der Waals surface area contributed by atoms with Gasteiger partial charge >= 0.3 is 0 Å². The van der Waals surface area contributed by atoms with Crippen molar-refractivity contribution in [3.8, 4) is 0 Å². The average molecular weight is 199 g/mol. The molecule has 2 nitrogen and oxygen atoms in total. The number of nitrogens with zero attached hydrogens (tertiary/aromatic N) is 1. The van der Waals surface area contributed by atoms with Crippen LogP contribution in [0.4, 0.5) is 0 Å². The predicted molar refractivity (Wildman–Crippen MR) is 58.3 cm³/mol. The van der Waals surface area contributed by atoms with Crippen LogP contribution in [0.25, 0.3) is 0 Å². The molecule has 0 bridgehead atoms. The molecule has 0 fully saturated rings. The Labute approximate surface area is 83.5 Å². The summed E-state index contributed by atoms with van der Waals surface area (Å²) in [6.07, 6.45) is 4.15. The first-order chi connectivity index (χ1) is 5.91. The second-order valence-electron chi connectivity index (χ2n) is 4.33. The fourth-order valence-electron chi connectivity index (χ4n) is 1.10. The third-order valence-electron chi connectivity index (χ3n) is 2.00. The van der Waals surface area contributed by atoms with Crippen molar-refractivity contribution in [2.24, 2.45) is 4.40 Å². The molecule has 3 heteroatoms. The van der Waals surface area contributed by atoms with Crippen LogP contribution in [0.5, 0.6) is 0 Å². The van der Waals surface area contributed by atoms with Gasteiger partial charge in [-0.1, -0.05) is 10.5 Å². The minimum Gasteiger partial charge on any atom is -0.591 e. The standard InChI is InChI=1S/C10H17NOS/c1-8-6-5-7-9(8)11-13(12)10(2,3)4/h6H,5,7H2,1-4H3/b11-9-. The normalized spacial score (nSPS) is 23.5. The van der Waals surface area contributed by atoms with E-state index in [0.29, 0.717) is 0 Å². The molecule has 0 aliphatic heterocycles. The predicted octanol–water partition coefficient (Wildman–Crippen LogP) is 2.63. The van der Waals surface area contributed by atoms with E-state index in [1.165, 1.54) is 5.57 Å². The molecule has 1 aliphatic rings. The van der Waals surface area contributed by atoms with E-state index in [-0.39, 0.29) is 4.75 Å². The Bertz CT molecular complexity index is 250. The molecule has 0 saturated carbocycles. The molecule has 1 rings (SSSR count). The smallest absolute Gasteiger partial charge is 0.144 e. The molecule has 0 aromatic rings. The first-order valence-corrected chi connectivity index (χ1v) is 5.68. The van der Waals surface area contributed by atoms with Crippen LogP contribution in [-0.4, -0.2) is 15.0 Å². The van der Waals surface area contributed by atoms with E-state index in [1.807, 2.05) is 27.7 Å². The highest BCUT2D eigenvalue weighted by molar-refractivity contribution is 7.91. The van der Waals surface area contributed by atoms with Gasteiger partial charge in [-0.15, -0.1) is 0 Å². The van der Waals surface area contributed by atoms with Crippen molar-refractivity contribution in [2.45, 2.75) is 45.3 Å². The van der Waals surface area contributed by atoms with Crippen molar-refractivity contribution in [3.63, 3.8) is 0 Å². The summed E-state index contributed by atoms with van der Waals surface area (Å²) in [7, 11) is 0. The van der Waals surface area contributed by atoms with Gasteiger partial charge in [0.1, 0.15) is 16.1 Å². The summed E-state index contributed by atoms with van der Waals surface area (Å²) in [6.45, 7) is 7.87. The van der Waals surface area contributed by atoms with Crippen LogP contribution in [0.1, 0.15) is 40.5 Å². The van der Waals surface area contributed by atoms with E-state index in [1.54, 1.807) is 0 Å². The Morgan fingerprint density at radius 2 is 2.08 bits per heavy atom. The highest BCUT2D eigenvalue weighted by Crippen LogP contribution is 2.22. The van der Waals surface area contributed by atoms with Crippen LogP contribution in [0, 0.1) is 0 Å². The second-order valence-corrected chi connectivity index (χ2v) is 6.23. The van der Waals surface area contributed by atoms with Crippen LogP contribution in [-0.2, 0) is 11.4 Å². The summed E-state index contributed by atoms with van der Waals surface area (Å²) in [5, 5.41) is 0. The minimum atomic E-state index is -1.10. The largest absolute Gasteiger partial charge is 0.591 e. The van der Waals surface area contributed by atoms with Crippen molar-refractivity contribution in [3.05, 3.63) is 11.6 Å². The summed E-state index contributed by atoms with van der Waals surface area (Å²) in [6, 6.07) is 0. The molecular weight excluding hydrogens is 182 g/mol. The van der Waals surface area contributed by atoms with E-state index in [0.717, 1.165) is 18.6 Å². The molecule has 74 valence electrons. The molecule has 0 radical (unpaired) electrons. The molecular formula is C10H17NOS. The molecule has 0 spiro atoms. The molecule has 0 aromatic carbocycles. The maximum Gasteiger partial charge on any atom is 0.144 e. The lowest BCUT2D eigenvalue weighted by molar-refractivity contribution is 0.561. The molecule has 0 N–H and O–H groups in total. The fraction of sp³-hybridized carbons (Fsp3) is 0.700. The summed E-state index contributed by atoms with van der Waals surface area (Å²) < 4.78 is 15.7. The summed E-state index contributed by atoms with van der Waals surface area (Å²) >= 11 is -1.10. The summed E-state index contributed by atoms with van der Waals surface area (Å²) in [4.78, 5) is 0. The third-order valence-corrected chi connectivity index (χ3v) is 3.44. The van der Waals surface area contributed by atoms with Gasteiger partial charge in [0.25, 0.3) is 0 Å². The topological polar surface area (TPSA) is 35.4 Å². The molecule has 0 aromatic heterocycles. The summed E-state index contributed by atoms with van der Waals surface area (Å²) in [5.74, 6) is 0. The van der Waals surface area contributed by atoms with Crippen LogP contribution < -0.4 is 0 Å². The Morgan fingerprint density at radius 1 is 1.46 bits per heavy atom. The van der Waals surface area contributed by atoms with Gasteiger partial charge in [0.05, 0.1) is 5.71 Å². The number of rotatable bonds is 1. The van der Waals surface area contributed by atoms with Gasteiger partial charge in [0.2, 0.25) is 0 Å². The van der Waals surface area contributed by atoms with Crippen molar-refractivity contribution >= 4 is 17.1 Å². The zero-order valence-electron chi connectivity index (χ0n) is 8.76. The Hall–Kier alpha value is -0.280. The van der Waals surface area contributed by atoms with Gasteiger partial charge in [0, 0.05) is 0 Å². The van der Waals surface area contributed by atoms with E-state index in [9.17, 15) is 4.55 Å². The van der Waals surface area contributed by atoms with Crippen molar-refractivity contribution in [2.75, 3.05) is 0 Å². The van der Waals surface area contributed by atoms with E-state index in [4.69, 9.17) is 0 Å². The van der Waals surface area contributed by atoms with Crippen LogP contribution in [0.2, 0.25) is 0 Å².